The summed E-state index contributed by atoms with van der Waals surface area (Å²) in [6, 6.07) is 33.6. The lowest BCUT2D eigenvalue weighted by atomic mass is 9.85. The van der Waals surface area contributed by atoms with E-state index in [1.165, 1.54) is 55.8 Å². The normalized spacial score (nSPS) is 12.0. The molecule has 1 aromatic heterocycles. The van der Waals surface area contributed by atoms with Crippen LogP contribution in [-0.2, 0) is 19.5 Å². The maximum absolute atomic E-state index is 2.34. The molecule has 0 atom stereocenters. The smallest absolute Gasteiger partial charge is 0.226 e. The zero-order valence-corrected chi connectivity index (χ0v) is 22.6. The van der Waals surface area contributed by atoms with Crippen LogP contribution < -0.4 is 4.57 Å². The molecule has 5 rings (SSSR count). The molecule has 0 saturated heterocycles. The van der Waals surface area contributed by atoms with Crippen molar-refractivity contribution >= 4 is 11.0 Å². The van der Waals surface area contributed by atoms with Gasteiger partial charge < -0.3 is 0 Å². The summed E-state index contributed by atoms with van der Waals surface area (Å²) in [5.41, 5.74) is 11.6. The van der Waals surface area contributed by atoms with Gasteiger partial charge in [0.15, 0.2) is 11.0 Å². The summed E-state index contributed by atoms with van der Waals surface area (Å²) in [4.78, 5) is 0. The van der Waals surface area contributed by atoms with Crippen molar-refractivity contribution in [1.29, 1.82) is 0 Å². The topological polar surface area (TPSA) is 8.81 Å². The molecular formula is C34H37N2+. The third-order valence-corrected chi connectivity index (χ3v) is 7.48. The fraction of sp³-hybridized carbons (Fsp3) is 0.265. The van der Waals surface area contributed by atoms with Gasteiger partial charge in [-0.05, 0) is 56.8 Å². The first kappa shape index (κ1) is 24.1. The molecule has 0 fully saturated rings. The Labute approximate surface area is 215 Å². The number of rotatable bonds is 4. The number of benzene rings is 4. The van der Waals surface area contributed by atoms with Crippen molar-refractivity contribution in [2.45, 2.75) is 46.0 Å². The Bertz CT molecular complexity index is 1490. The number of hydrogen-bond donors (Lipinski definition) is 0. The van der Waals surface area contributed by atoms with Gasteiger partial charge in [-0.15, -0.1) is 0 Å². The summed E-state index contributed by atoms with van der Waals surface area (Å²) in [7, 11) is 4.37. The van der Waals surface area contributed by atoms with E-state index in [0.717, 1.165) is 0 Å². The monoisotopic (exact) mass is 473 g/mol. The van der Waals surface area contributed by atoms with Gasteiger partial charge in [0.1, 0.15) is 0 Å². The number of nitrogens with zero attached hydrogens (tertiary/aromatic N) is 2. The lowest BCUT2D eigenvalue weighted by Gasteiger charge is -2.20. The van der Waals surface area contributed by atoms with Gasteiger partial charge in [-0.25, -0.2) is 9.13 Å². The Morgan fingerprint density at radius 1 is 0.694 bits per heavy atom. The summed E-state index contributed by atoms with van der Waals surface area (Å²) in [5.74, 6) is 1.72. The minimum absolute atomic E-state index is 0.129. The summed E-state index contributed by atoms with van der Waals surface area (Å²) < 4.78 is 4.67. The molecule has 5 aromatic rings. The van der Waals surface area contributed by atoms with Gasteiger partial charge in [-0.1, -0.05) is 113 Å². The largest absolute Gasteiger partial charge is 0.290 e. The van der Waals surface area contributed by atoms with Crippen molar-refractivity contribution in [1.82, 2.24) is 4.57 Å². The molecule has 36 heavy (non-hydrogen) atoms. The van der Waals surface area contributed by atoms with Crippen LogP contribution in [0.2, 0.25) is 0 Å². The fourth-order valence-corrected chi connectivity index (χ4v) is 5.29. The molecule has 0 radical (unpaired) electrons. The zero-order valence-electron chi connectivity index (χ0n) is 22.6. The Kier molecular flexibility index (Phi) is 6.08. The van der Waals surface area contributed by atoms with Crippen LogP contribution in [0.5, 0.6) is 0 Å². The van der Waals surface area contributed by atoms with Gasteiger partial charge in [0.05, 0.1) is 19.7 Å². The number of imidazole rings is 1. The maximum atomic E-state index is 2.34. The van der Waals surface area contributed by atoms with Crippen LogP contribution in [0.1, 0.15) is 51.7 Å². The summed E-state index contributed by atoms with van der Waals surface area (Å²) in [6.07, 6.45) is 0. The van der Waals surface area contributed by atoms with Crippen molar-refractivity contribution in [3.8, 4) is 33.6 Å². The lowest BCUT2D eigenvalue weighted by molar-refractivity contribution is -0.634. The third kappa shape index (κ3) is 4.15. The van der Waals surface area contributed by atoms with Crippen molar-refractivity contribution in [2.24, 2.45) is 14.1 Å². The van der Waals surface area contributed by atoms with Crippen LogP contribution in [-0.4, -0.2) is 4.57 Å². The van der Waals surface area contributed by atoms with E-state index in [-0.39, 0.29) is 5.41 Å². The molecule has 0 N–H and O–H groups in total. The highest BCUT2D eigenvalue weighted by atomic mass is 15.1. The zero-order chi connectivity index (χ0) is 25.6. The van der Waals surface area contributed by atoms with E-state index >= 15 is 0 Å². The second kappa shape index (κ2) is 9.09. The first-order valence-corrected chi connectivity index (χ1v) is 12.9. The molecule has 0 aliphatic heterocycles. The molecule has 0 aliphatic carbocycles. The molecule has 182 valence electrons. The molecule has 0 bridgehead atoms. The second-order valence-electron chi connectivity index (χ2n) is 11.3. The van der Waals surface area contributed by atoms with Crippen molar-refractivity contribution in [3.63, 3.8) is 0 Å². The average molecular weight is 474 g/mol. The van der Waals surface area contributed by atoms with Gasteiger partial charge in [0, 0.05) is 0 Å². The first-order chi connectivity index (χ1) is 17.2. The first-order valence-electron chi connectivity index (χ1n) is 12.9. The second-order valence-corrected chi connectivity index (χ2v) is 11.3. The summed E-state index contributed by atoms with van der Waals surface area (Å²) >= 11 is 0. The van der Waals surface area contributed by atoms with Crippen LogP contribution in [0.3, 0.4) is 0 Å². The van der Waals surface area contributed by atoms with E-state index in [0.29, 0.717) is 5.92 Å². The quantitative estimate of drug-likeness (QED) is 0.232. The minimum atomic E-state index is 0.129. The van der Waals surface area contributed by atoms with Crippen LogP contribution in [0.25, 0.3) is 44.7 Å². The number of hydrogen-bond acceptors (Lipinski definition) is 0. The van der Waals surface area contributed by atoms with Crippen LogP contribution in [0.4, 0.5) is 0 Å². The predicted molar refractivity (Wildman–Crippen MR) is 153 cm³/mol. The Balaban J connectivity index is 1.80. The van der Waals surface area contributed by atoms with E-state index in [1.807, 2.05) is 0 Å². The highest BCUT2D eigenvalue weighted by molar-refractivity contribution is 5.93. The number of aryl methyl sites for hydroxylation is 2. The molecule has 0 spiro atoms. The Hall–Kier alpha value is -3.65. The fourth-order valence-electron chi connectivity index (χ4n) is 5.29. The Morgan fingerprint density at radius 3 is 1.78 bits per heavy atom. The standard InChI is InChI=1S/C34H37N2/c1-23(2)24-15-17-25(18-16-24)28-11-10-12-29(26-19-21-27(22-20-26)34(3,4)5)32(28)33-35(6)30-13-8-9-14-31(30)36(33)7/h8-23H,1-7H3/q+1. The molecule has 2 nitrogen and oxygen atoms in total. The number of fused-ring (bicyclic) bond motifs is 1. The molecule has 0 saturated carbocycles. The maximum Gasteiger partial charge on any atom is 0.290 e. The molecule has 2 heteroatoms. The van der Waals surface area contributed by atoms with Gasteiger partial charge in [0.25, 0.3) is 5.82 Å². The van der Waals surface area contributed by atoms with Gasteiger partial charge in [-0.3, -0.25) is 0 Å². The van der Waals surface area contributed by atoms with E-state index in [9.17, 15) is 0 Å². The van der Waals surface area contributed by atoms with Gasteiger partial charge in [0.2, 0.25) is 0 Å². The molecule has 0 amide bonds. The van der Waals surface area contributed by atoms with E-state index < -0.39 is 0 Å². The number of aromatic nitrogens is 2. The predicted octanol–water partition coefficient (Wildman–Crippen LogP) is 8.42. The van der Waals surface area contributed by atoms with Crippen LogP contribution in [0, 0.1) is 0 Å². The lowest BCUT2D eigenvalue weighted by Crippen LogP contribution is -2.30. The molecule has 1 heterocycles. The Morgan fingerprint density at radius 2 is 1.25 bits per heavy atom. The SMILES string of the molecule is CC(C)c1ccc(-c2cccc(-c3ccc(C(C)(C)C)cc3)c2-c2n(C)c3ccccc3[n+]2C)cc1. The molecule has 0 unspecified atom stereocenters. The van der Waals surface area contributed by atoms with Crippen molar-refractivity contribution in [2.75, 3.05) is 0 Å². The van der Waals surface area contributed by atoms with Crippen molar-refractivity contribution < 1.29 is 4.57 Å². The van der Waals surface area contributed by atoms with Gasteiger partial charge in [-0.2, -0.15) is 0 Å². The average Bonchev–Trinajstić information content (AvgIpc) is 3.13. The molecule has 4 aromatic carbocycles. The van der Waals surface area contributed by atoms with Crippen molar-refractivity contribution in [3.05, 3.63) is 102 Å². The van der Waals surface area contributed by atoms with E-state index in [2.05, 4.69) is 149 Å². The van der Waals surface area contributed by atoms with Crippen LogP contribution >= 0.6 is 0 Å². The minimum Gasteiger partial charge on any atom is -0.226 e. The summed E-state index contributed by atoms with van der Waals surface area (Å²) in [6.45, 7) is 11.3. The highest BCUT2D eigenvalue weighted by Crippen LogP contribution is 2.40. The summed E-state index contributed by atoms with van der Waals surface area (Å²) in [5, 5.41) is 0. The highest BCUT2D eigenvalue weighted by Gasteiger charge is 2.27. The number of para-hydroxylation sites is 2. The van der Waals surface area contributed by atoms with E-state index in [4.69, 9.17) is 0 Å². The van der Waals surface area contributed by atoms with E-state index in [1.54, 1.807) is 0 Å². The third-order valence-electron chi connectivity index (χ3n) is 7.48. The molecule has 0 aliphatic rings. The van der Waals surface area contributed by atoms with Crippen LogP contribution in [0.15, 0.2) is 91.0 Å². The molecular weight excluding hydrogens is 436 g/mol. The van der Waals surface area contributed by atoms with Gasteiger partial charge >= 0.3 is 0 Å².